The van der Waals surface area contributed by atoms with Crippen LogP contribution in [0.5, 0.6) is 0 Å². The molecular formula is C24H26N2O2. The van der Waals surface area contributed by atoms with Crippen molar-refractivity contribution in [2.24, 2.45) is 0 Å². The van der Waals surface area contributed by atoms with E-state index in [4.69, 9.17) is 4.74 Å². The number of pyridine rings is 1. The number of carbonyl (C=O) groups excluding carboxylic acids is 1. The Morgan fingerprint density at radius 2 is 1.64 bits per heavy atom. The number of carbonyl (C=O) groups is 1. The van der Waals surface area contributed by atoms with Crippen molar-refractivity contribution in [2.75, 3.05) is 6.61 Å². The summed E-state index contributed by atoms with van der Waals surface area (Å²) in [5, 5.41) is 0. The number of benzene rings is 2. The second-order valence-electron chi connectivity index (χ2n) is 6.86. The van der Waals surface area contributed by atoms with Gasteiger partial charge >= 0.3 is 0 Å². The standard InChI is InChI=1S/C24H26N2O2/c1-19-10-9-15-23(25-19)16-26(20(2)22-13-7-4-8-14-22)24(27)18-28-17-21-11-5-3-6-12-21/h3-15,20H,16-18H2,1-2H3. The second-order valence-corrected chi connectivity index (χ2v) is 6.86. The number of hydrogen-bond donors (Lipinski definition) is 0. The predicted octanol–water partition coefficient (Wildman–Crippen LogP) is 4.70. The molecule has 144 valence electrons. The van der Waals surface area contributed by atoms with Crippen LogP contribution in [0.15, 0.2) is 78.9 Å². The highest BCUT2D eigenvalue weighted by molar-refractivity contribution is 5.78. The molecule has 0 aliphatic heterocycles. The fourth-order valence-electron chi connectivity index (χ4n) is 3.13. The maximum atomic E-state index is 13.0. The Bertz CT molecular complexity index is 881. The molecule has 3 rings (SSSR count). The summed E-state index contributed by atoms with van der Waals surface area (Å²) in [6.07, 6.45) is 0. The van der Waals surface area contributed by atoms with E-state index in [2.05, 4.69) is 4.98 Å². The Balaban J connectivity index is 1.71. The highest BCUT2D eigenvalue weighted by atomic mass is 16.5. The smallest absolute Gasteiger partial charge is 0.249 e. The van der Waals surface area contributed by atoms with Crippen molar-refractivity contribution in [3.05, 3.63) is 101 Å². The zero-order valence-corrected chi connectivity index (χ0v) is 16.4. The van der Waals surface area contributed by atoms with E-state index >= 15 is 0 Å². The topological polar surface area (TPSA) is 42.4 Å². The Morgan fingerprint density at radius 3 is 2.32 bits per heavy atom. The first-order valence-corrected chi connectivity index (χ1v) is 9.52. The van der Waals surface area contributed by atoms with Crippen LogP contribution in [-0.4, -0.2) is 22.4 Å². The molecule has 0 fully saturated rings. The normalized spacial score (nSPS) is 11.8. The molecule has 0 N–H and O–H groups in total. The van der Waals surface area contributed by atoms with E-state index < -0.39 is 0 Å². The van der Waals surface area contributed by atoms with Gasteiger partial charge in [0.25, 0.3) is 0 Å². The lowest BCUT2D eigenvalue weighted by molar-refractivity contribution is -0.139. The van der Waals surface area contributed by atoms with Gasteiger partial charge in [-0.3, -0.25) is 9.78 Å². The van der Waals surface area contributed by atoms with Crippen LogP contribution in [-0.2, 0) is 22.7 Å². The number of amides is 1. The minimum atomic E-state index is -0.0728. The summed E-state index contributed by atoms with van der Waals surface area (Å²) in [6, 6.07) is 25.7. The van der Waals surface area contributed by atoms with Crippen molar-refractivity contribution in [2.45, 2.75) is 33.0 Å². The summed E-state index contributed by atoms with van der Waals surface area (Å²) in [7, 11) is 0. The van der Waals surface area contributed by atoms with Crippen LogP contribution in [0.1, 0.15) is 35.5 Å². The molecule has 1 aromatic heterocycles. The lowest BCUT2D eigenvalue weighted by Crippen LogP contribution is -2.36. The van der Waals surface area contributed by atoms with E-state index in [1.165, 1.54) is 0 Å². The van der Waals surface area contributed by atoms with E-state index in [1.54, 1.807) is 0 Å². The molecule has 0 radical (unpaired) electrons. The maximum Gasteiger partial charge on any atom is 0.249 e. The van der Waals surface area contributed by atoms with E-state index in [0.717, 1.165) is 22.5 Å². The molecule has 0 saturated heterocycles. The lowest BCUT2D eigenvalue weighted by Gasteiger charge is -2.29. The van der Waals surface area contributed by atoms with Crippen molar-refractivity contribution >= 4 is 5.91 Å². The average Bonchev–Trinajstić information content (AvgIpc) is 2.73. The van der Waals surface area contributed by atoms with Gasteiger partial charge < -0.3 is 9.64 Å². The zero-order chi connectivity index (χ0) is 19.8. The van der Waals surface area contributed by atoms with Gasteiger partial charge in [0, 0.05) is 5.69 Å². The molecule has 1 unspecified atom stereocenters. The Hall–Kier alpha value is -2.98. The summed E-state index contributed by atoms with van der Waals surface area (Å²) < 4.78 is 5.70. The third-order valence-corrected chi connectivity index (χ3v) is 4.69. The molecule has 3 aromatic rings. The summed E-state index contributed by atoms with van der Waals surface area (Å²) in [5.74, 6) is -0.0457. The van der Waals surface area contributed by atoms with Crippen molar-refractivity contribution in [3.63, 3.8) is 0 Å². The summed E-state index contributed by atoms with van der Waals surface area (Å²) in [4.78, 5) is 19.4. The number of aromatic nitrogens is 1. The number of aryl methyl sites for hydroxylation is 1. The molecule has 0 aliphatic rings. The van der Waals surface area contributed by atoms with Crippen LogP contribution >= 0.6 is 0 Å². The largest absolute Gasteiger partial charge is 0.367 e. The second kappa shape index (κ2) is 9.81. The Labute approximate surface area is 166 Å². The minimum absolute atomic E-state index is 0.0396. The van der Waals surface area contributed by atoms with E-state index in [1.807, 2.05) is 97.6 Å². The summed E-state index contributed by atoms with van der Waals surface area (Å²) in [5.41, 5.74) is 3.96. The number of nitrogens with zero attached hydrogens (tertiary/aromatic N) is 2. The Morgan fingerprint density at radius 1 is 0.964 bits per heavy atom. The summed E-state index contributed by atoms with van der Waals surface area (Å²) in [6.45, 7) is 4.91. The predicted molar refractivity (Wildman–Crippen MR) is 110 cm³/mol. The molecule has 1 atom stereocenters. The van der Waals surface area contributed by atoms with Crippen molar-refractivity contribution in [3.8, 4) is 0 Å². The van der Waals surface area contributed by atoms with Crippen molar-refractivity contribution < 1.29 is 9.53 Å². The zero-order valence-electron chi connectivity index (χ0n) is 16.4. The van der Waals surface area contributed by atoms with Gasteiger partial charge in [0.2, 0.25) is 5.91 Å². The molecule has 0 aliphatic carbocycles. The molecule has 1 amide bonds. The summed E-state index contributed by atoms with van der Waals surface area (Å²) >= 11 is 0. The van der Waals surface area contributed by atoms with Gasteiger partial charge in [-0.2, -0.15) is 0 Å². The van der Waals surface area contributed by atoms with Crippen LogP contribution in [0.2, 0.25) is 0 Å². The fourth-order valence-corrected chi connectivity index (χ4v) is 3.13. The highest BCUT2D eigenvalue weighted by Crippen LogP contribution is 2.22. The molecule has 0 spiro atoms. The molecule has 1 heterocycles. The molecule has 4 heteroatoms. The molecule has 0 bridgehead atoms. The van der Waals surface area contributed by atoms with Crippen molar-refractivity contribution in [1.82, 2.24) is 9.88 Å². The van der Waals surface area contributed by atoms with Crippen LogP contribution in [0.3, 0.4) is 0 Å². The maximum absolute atomic E-state index is 13.0. The van der Waals surface area contributed by atoms with Gasteiger partial charge in [0.05, 0.1) is 24.9 Å². The SMILES string of the molecule is Cc1cccc(CN(C(=O)COCc2ccccc2)C(C)c2ccccc2)n1. The van der Waals surface area contributed by atoms with E-state index in [-0.39, 0.29) is 18.6 Å². The van der Waals surface area contributed by atoms with Crippen LogP contribution in [0.4, 0.5) is 0 Å². The van der Waals surface area contributed by atoms with E-state index in [9.17, 15) is 4.79 Å². The fraction of sp³-hybridized carbons (Fsp3) is 0.250. The Kier molecular flexibility index (Phi) is 6.93. The van der Waals surface area contributed by atoms with Crippen molar-refractivity contribution in [1.29, 1.82) is 0 Å². The van der Waals surface area contributed by atoms with Gasteiger partial charge in [-0.05, 0) is 37.1 Å². The van der Waals surface area contributed by atoms with Gasteiger partial charge in [-0.15, -0.1) is 0 Å². The number of hydrogen-bond acceptors (Lipinski definition) is 3. The minimum Gasteiger partial charge on any atom is -0.367 e. The average molecular weight is 374 g/mol. The molecule has 4 nitrogen and oxygen atoms in total. The van der Waals surface area contributed by atoms with Crippen LogP contribution in [0, 0.1) is 6.92 Å². The quantitative estimate of drug-likeness (QED) is 0.574. The van der Waals surface area contributed by atoms with Gasteiger partial charge in [0.1, 0.15) is 6.61 Å². The molecule has 0 saturated carbocycles. The molecule has 2 aromatic carbocycles. The first-order chi connectivity index (χ1) is 13.6. The number of rotatable bonds is 8. The first kappa shape index (κ1) is 19.8. The third kappa shape index (κ3) is 5.51. The lowest BCUT2D eigenvalue weighted by atomic mass is 10.1. The molecule has 28 heavy (non-hydrogen) atoms. The molecular weight excluding hydrogens is 348 g/mol. The van der Waals surface area contributed by atoms with Gasteiger partial charge in [-0.25, -0.2) is 0 Å². The first-order valence-electron chi connectivity index (χ1n) is 9.52. The monoisotopic (exact) mass is 374 g/mol. The van der Waals surface area contributed by atoms with E-state index in [0.29, 0.717) is 13.2 Å². The third-order valence-electron chi connectivity index (χ3n) is 4.69. The van der Waals surface area contributed by atoms with Gasteiger partial charge in [-0.1, -0.05) is 66.7 Å². The highest BCUT2D eigenvalue weighted by Gasteiger charge is 2.22. The van der Waals surface area contributed by atoms with Crippen LogP contribution < -0.4 is 0 Å². The van der Waals surface area contributed by atoms with Crippen LogP contribution in [0.25, 0.3) is 0 Å². The van der Waals surface area contributed by atoms with Gasteiger partial charge in [0.15, 0.2) is 0 Å². The number of ether oxygens (including phenoxy) is 1.